The molecular weight excluding hydrogens is 379 g/mol. The van der Waals surface area contributed by atoms with E-state index in [0.717, 1.165) is 11.1 Å². The van der Waals surface area contributed by atoms with Crippen molar-refractivity contribution in [1.82, 2.24) is 9.88 Å². The van der Waals surface area contributed by atoms with Crippen LogP contribution in [-0.2, 0) is 13.6 Å². The van der Waals surface area contributed by atoms with Crippen LogP contribution in [0.1, 0.15) is 11.1 Å². The number of hydrogen-bond acceptors (Lipinski definition) is 3. The summed E-state index contributed by atoms with van der Waals surface area (Å²) in [5.74, 6) is -0.302. The van der Waals surface area contributed by atoms with Gasteiger partial charge in [0.15, 0.2) is 0 Å². The number of halogens is 2. The fourth-order valence-electron chi connectivity index (χ4n) is 2.58. The van der Waals surface area contributed by atoms with Crippen molar-refractivity contribution in [3.63, 3.8) is 0 Å². The molecule has 7 heteroatoms. The molecule has 1 aromatic heterocycles. The molecule has 0 unspecified atom stereocenters. The minimum absolute atomic E-state index is 0.225. The van der Waals surface area contributed by atoms with Gasteiger partial charge in [0.1, 0.15) is 10.8 Å². The highest BCUT2D eigenvalue weighted by molar-refractivity contribution is 7.81. The summed E-state index contributed by atoms with van der Waals surface area (Å²) in [6.07, 6.45) is 0. The minimum Gasteiger partial charge on any atom is -0.372 e. The van der Waals surface area contributed by atoms with Crippen molar-refractivity contribution >= 4 is 52.3 Å². The average molecular weight is 393 g/mol. The maximum atomic E-state index is 13.0. The van der Waals surface area contributed by atoms with Crippen molar-refractivity contribution in [3.05, 3.63) is 74.7 Å². The van der Waals surface area contributed by atoms with E-state index in [9.17, 15) is 9.18 Å². The van der Waals surface area contributed by atoms with Crippen molar-refractivity contribution in [2.75, 3.05) is 0 Å². The van der Waals surface area contributed by atoms with Crippen LogP contribution in [0, 0.1) is 5.82 Å². The van der Waals surface area contributed by atoms with Gasteiger partial charge in [-0.2, -0.15) is 0 Å². The van der Waals surface area contributed by atoms with Gasteiger partial charge in [-0.15, -0.1) is 12.6 Å². The maximum Gasteiger partial charge on any atom is 0.200 e. The lowest BCUT2D eigenvalue weighted by molar-refractivity contribution is 0.627. The number of thiol groups is 1. The summed E-state index contributed by atoms with van der Waals surface area (Å²) < 4.78 is 14.8. The molecule has 0 amide bonds. The molecule has 0 fully saturated rings. The second-order valence-electron chi connectivity index (χ2n) is 5.56. The molecular formula is C18H14ClFN2OS2. The highest BCUT2D eigenvalue weighted by atomic mass is 35.5. The average Bonchev–Trinajstić information content (AvgIpc) is 2.59. The van der Waals surface area contributed by atoms with E-state index in [1.165, 1.54) is 12.1 Å². The van der Waals surface area contributed by atoms with Gasteiger partial charge < -0.3 is 9.88 Å². The van der Waals surface area contributed by atoms with E-state index in [-0.39, 0.29) is 16.2 Å². The summed E-state index contributed by atoms with van der Waals surface area (Å²) in [5.41, 5.74) is 1.67. The first-order valence-electron chi connectivity index (χ1n) is 7.42. The number of hydrogen-bond donors (Lipinski definition) is 2. The SMILES string of the molecule is Cn1c(S)c(C(=S)NCc2ccc(F)cc2)c(=O)c2cc(Cl)ccc21. The smallest absolute Gasteiger partial charge is 0.200 e. The molecule has 1 N–H and O–H groups in total. The molecule has 0 saturated carbocycles. The van der Waals surface area contributed by atoms with Crippen LogP contribution in [-0.4, -0.2) is 9.56 Å². The van der Waals surface area contributed by atoms with E-state index < -0.39 is 0 Å². The largest absolute Gasteiger partial charge is 0.372 e. The van der Waals surface area contributed by atoms with Crippen molar-refractivity contribution in [2.45, 2.75) is 11.6 Å². The van der Waals surface area contributed by atoms with Crippen LogP contribution in [0.25, 0.3) is 10.9 Å². The molecule has 3 nitrogen and oxygen atoms in total. The van der Waals surface area contributed by atoms with Crippen LogP contribution in [0.5, 0.6) is 0 Å². The third-order valence-electron chi connectivity index (χ3n) is 3.93. The monoisotopic (exact) mass is 392 g/mol. The molecule has 0 radical (unpaired) electrons. The van der Waals surface area contributed by atoms with Gasteiger partial charge in [-0.3, -0.25) is 4.79 Å². The van der Waals surface area contributed by atoms with Gasteiger partial charge in [0, 0.05) is 24.0 Å². The highest BCUT2D eigenvalue weighted by Crippen LogP contribution is 2.21. The van der Waals surface area contributed by atoms with Gasteiger partial charge in [-0.25, -0.2) is 4.39 Å². The van der Waals surface area contributed by atoms with Crippen molar-refractivity contribution in [3.8, 4) is 0 Å². The van der Waals surface area contributed by atoms with Gasteiger partial charge in [0.05, 0.1) is 16.1 Å². The van der Waals surface area contributed by atoms with Crippen molar-refractivity contribution in [2.24, 2.45) is 7.05 Å². The molecule has 0 bridgehead atoms. The zero-order chi connectivity index (χ0) is 18.1. The molecule has 0 aliphatic heterocycles. The fourth-order valence-corrected chi connectivity index (χ4v) is 3.41. The van der Waals surface area contributed by atoms with E-state index >= 15 is 0 Å². The highest BCUT2D eigenvalue weighted by Gasteiger charge is 2.17. The van der Waals surface area contributed by atoms with Crippen molar-refractivity contribution < 1.29 is 4.39 Å². The predicted molar refractivity (Wildman–Crippen MR) is 106 cm³/mol. The molecule has 0 saturated heterocycles. The predicted octanol–water partition coefficient (Wildman–Crippen LogP) is 4.09. The molecule has 1 heterocycles. The molecule has 3 aromatic rings. The Morgan fingerprint density at radius 3 is 2.64 bits per heavy atom. The van der Waals surface area contributed by atoms with Crippen LogP contribution >= 0.6 is 36.4 Å². The van der Waals surface area contributed by atoms with E-state index in [0.29, 0.717) is 27.5 Å². The second kappa shape index (κ2) is 7.15. The molecule has 0 atom stereocenters. The summed E-state index contributed by atoms with van der Waals surface area (Å²) >= 11 is 15.9. The van der Waals surface area contributed by atoms with Crippen LogP contribution in [0.15, 0.2) is 52.3 Å². The number of fused-ring (bicyclic) bond motifs is 1. The third-order valence-corrected chi connectivity index (χ3v) is 5.03. The summed E-state index contributed by atoms with van der Waals surface area (Å²) in [5, 5.41) is 4.47. The summed E-state index contributed by atoms with van der Waals surface area (Å²) in [4.78, 5) is 13.1. The van der Waals surface area contributed by atoms with Gasteiger partial charge in [0.25, 0.3) is 0 Å². The lowest BCUT2D eigenvalue weighted by Crippen LogP contribution is -2.29. The lowest BCUT2D eigenvalue weighted by Gasteiger charge is -2.15. The van der Waals surface area contributed by atoms with E-state index in [1.807, 2.05) is 7.05 Å². The van der Waals surface area contributed by atoms with Crippen LogP contribution < -0.4 is 10.7 Å². The van der Waals surface area contributed by atoms with E-state index in [1.54, 1.807) is 34.9 Å². The number of pyridine rings is 1. The number of aryl methyl sites for hydroxylation is 1. The maximum absolute atomic E-state index is 13.0. The normalized spacial score (nSPS) is 10.9. The molecule has 25 heavy (non-hydrogen) atoms. The Kier molecular flexibility index (Phi) is 5.13. The first-order valence-corrected chi connectivity index (χ1v) is 8.65. The molecule has 0 spiro atoms. The van der Waals surface area contributed by atoms with Crippen molar-refractivity contribution in [1.29, 1.82) is 0 Å². The van der Waals surface area contributed by atoms with Crippen LogP contribution in [0.2, 0.25) is 5.02 Å². The molecule has 0 aliphatic rings. The Morgan fingerprint density at radius 1 is 1.28 bits per heavy atom. The number of aromatic nitrogens is 1. The van der Waals surface area contributed by atoms with E-state index in [4.69, 9.17) is 23.8 Å². The number of nitrogens with one attached hydrogen (secondary N) is 1. The quantitative estimate of drug-likeness (QED) is 0.520. The Morgan fingerprint density at radius 2 is 1.96 bits per heavy atom. The summed E-state index contributed by atoms with van der Waals surface area (Å²) in [6, 6.07) is 11.2. The Bertz CT molecular complexity index is 1030. The fraction of sp³-hybridized carbons (Fsp3) is 0.111. The number of benzene rings is 2. The number of rotatable bonds is 3. The first kappa shape index (κ1) is 17.9. The Balaban J connectivity index is 1.98. The third kappa shape index (κ3) is 3.56. The second-order valence-corrected chi connectivity index (χ2v) is 6.83. The standard InChI is InChI=1S/C18H14ClFN2OS2/c1-22-14-7-4-11(19)8-13(14)16(23)15(18(22)25)17(24)21-9-10-2-5-12(20)6-3-10/h2-8,25H,9H2,1H3,(H,21,24). The molecule has 128 valence electrons. The summed E-state index contributed by atoms with van der Waals surface area (Å²) in [6.45, 7) is 0.378. The van der Waals surface area contributed by atoms with E-state index in [2.05, 4.69) is 17.9 Å². The summed E-state index contributed by atoms with van der Waals surface area (Å²) in [7, 11) is 1.81. The van der Waals surface area contributed by atoms with Gasteiger partial charge in [0.2, 0.25) is 5.43 Å². The van der Waals surface area contributed by atoms with Gasteiger partial charge in [-0.1, -0.05) is 36.0 Å². The molecule has 2 aromatic carbocycles. The zero-order valence-electron chi connectivity index (χ0n) is 13.2. The number of nitrogens with zero attached hydrogens (tertiary/aromatic N) is 1. The molecule has 3 rings (SSSR count). The van der Waals surface area contributed by atoms with Crippen LogP contribution in [0.3, 0.4) is 0 Å². The zero-order valence-corrected chi connectivity index (χ0v) is 15.7. The topological polar surface area (TPSA) is 34.0 Å². The van der Waals surface area contributed by atoms with Gasteiger partial charge in [-0.05, 0) is 35.9 Å². The van der Waals surface area contributed by atoms with Gasteiger partial charge >= 0.3 is 0 Å². The Labute approximate surface area is 159 Å². The first-order chi connectivity index (χ1) is 11.9. The Hall–Kier alpha value is -1.89. The number of thiocarbonyl (C=S) groups is 1. The van der Waals surface area contributed by atoms with Crippen LogP contribution in [0.4, 0.5) is 4.39 Å². The minimum atomic E-state index is -0.302. The molecule has 0 aliphatic carbocycles. The lowest BCUT2D eigenvalue weighted by atomic mass is 10.1.